The Hall–Kier alpha value is -0.480. The SMILES string of the molecule is Nc1nc(N)c(Cl)s1. The molecule has 0 aliphatic carbocycles. The monoisotopic (exact) mass is 149 g/mol. The Bertz CT molecular complexity index is 177. The van der Waals surface area contributed by atoms with E-state index in [9.17, 15) is 0 Å². The largest absolute Gasteiger partial charge is 0.382 e. The summed E-state index contributed by atoms with van der Waals surface area (Å²) in [7, 11) is 0. The van der Waals surface area contributed by atoms with Crippen LogP contribution in [0.3, 0.4) is 0 Å². The van der Waals surface area contributed by atoms with E-state index in [1.54, 1.807) is 0 Å². The van der Waals surface area contributed by atoms with E-state index in [1.807, 2.05) is 0 Å². The summed E-state index contributed by atoms with van der Waals surface area (Å²) in [6.45, 7) is 0. The number of rotatable bonds is 0. The van der Waals surface area contributed by atoms with Gasteiger partial charge in [0.1, 0.15) is 4.34 Å². The molecule has 0 bridgehead atoms. The van der Waals surface area contributed by atoms with E-state index in [1.165, 1.54) is 11.3 Å². The number of thiazole rings is 1. The molecule has 0 saturated carbocycles. The summed E-state index contributed by atoms with van der Waals surface area (Å²) in [6.07, 6.45) is 0. The van der Waals surface area contributed by atoms with Gasteiger partial charge in [-0.3, -0.25) is 0 Å². The van der Waals surface area contributed by atoms with Crippen molar-refractivity contribution in [3.8, 4) is 0 Å². The van der Waals surface area contributed by atoms with E-state index in [0.717, 1.165) is 0 Å². The molecule has 4 N–H and O–H groups in total. The van der Waals surface area contributed by atoms with Gasteiger partial charge in [0.2, 0.25) is 0 Å². The van der Waals surface area contributed by atoms with Gasteiger partial charge in [-0.25, -0.2) is 4.98 Å². The summed E-state index contributed by atoms with van der Waals surface area (Å²) in [4.78, 5) is 3.65. The van der Waals surface area contributed by atoms with Crippen LogP contribution in [0.2, 0.25) is 4.34 Å². The zero-order chi connectivity index (χ0) is 6.15. The van der Waals surface area contributed by atoms with Gasteiger partial charge in [0.05, 0.1) is 0 Å². The molecule has 1 aromatic heterocycles. The number of nitrogens with zero attached hydrogens (tertiary/aromatic N) is 1. The zero-order valence-corrected chi connectivity index (χ0v) is 5.46. The summed E-state index contributed by atoms with van der Waals surface area (Å²) < 4.78 is 0.461. The summed E-state index contributed by atoms with van der Waals surface area (Å²) >= 11 is 6.66. The molecule has 0 atom stereocenters. The van der Waals surface area contributed by atoms with Crippen LogP contribution in [0, 0.1) is 0 Å². The maximum atomic E-state index is 5.48. The highest BCUT2D eigenvalue weighted by Gasteiger charge is 1.99. The summed E-state index contributed by atoms with van der Waals surface area (Å²) in [5, 5.41) is 0.410. The fraction of sp³-hybridized carbons (Fsp3) is 0. The van der Waals surface area contributed by atoms with E-state index in [4.69, 9.17) is 23.1 Å². The highest BCUT2D eigenvalue weighted by molar-refractivity contribution is 7.19. The molecule has 0 spiro atoms. The van der Waals surface area contributed by atoms with E-state index in [0.29, 0.717) is 15.3 Å². The normalized spacial score (nSPS) is 9.62. The van der Waals surface area contributed by atoms with Crippen LogP contribution in [0.4, 0.5) is 10.9 Å². The fourth-order valence-corrected chi connectivity index (χ4v) is 1.09. The number of aromatic nitrogens is 1. The van der Waals surface area contributed by atoms with Gasteiger partial charge in [0.25, 0.3) is 0 Å². The maximum Gasteiger partial charge on any atom is 0.183 e. The highest BCUT2D eigenvalue weighted by atomic mass is 35.5. The fourth-order valence-electron chi connectivity index (χ4n) is 0.330. The molecular formula is C3H4ClN3S. The van der Waals surface area contributed by atoms with Crippen molar-refractivity contribution < 1.29 is 0 Å². The summed E-state index contributed by atoms with van der Waals surface area (Å²) in [6, 6.07) is 0. The quantitative estimate of drug-likeness (QED) is 0.578. The van der Waals surface area contributed by atoms with Crippen molar-refractivity contribution >= 4 is 33.9 Å². The first-order valence-electron chi connectivity index (χ1n) is 1.87. The number of anilines is 2. The predicted molar refractivity (Wildman–Crippen MR) is 35.9 cm³/mol. The van der Waals surface area contributed by atoms with Gasteiger partial charge in [-0.1, -0.05) is 22.9 Å². The summed E-state index contributed by atoms with van der Waals surface area (Å²) in [5.41, 5.74) is 10.5. The Morgan fingerprint density at radius 1 is 1.50 bits per heavy atom. The van der Waals surface area contributed by atoms with Crippen LogP contribution in [0.5, 0.6) is 0 Å². The first-order valence-corrected chi connectivity index (χ1v) is 3.07. The smallest absolute Gasteiger partial charge is 0.183 e. The minimum Gasteiger partial charge on any atom is -0.382 e. The standard InChI is InChI=1S/C3H4ClN3S/c4-1-2(5)7-3(6)8-1/h5H2,(H2,6,7). The molecule has 1 aromatic rings. The van der Waals surface area contributed by atoms with Gasteiger partial charge in [0, 0.05) is 0 Å². The van der Waals surface area contributed by atoms with E-state index in [-0.39, 0.29) is 0 Å². The Balaban J connectivity index is 3.14. The van der Waals surface area contributed by atoms with Crippen molar-refractivity contribution in [3.05, 3.63) is 4.34 Å². The predicted octanol–water partition coefficient (Wildman–Crippen LogP) is 0.961. The molecule has 0 amide bonds. The average Bonchev–Trinajstić information content (AvgIpc) is 1.85. The molecule has 1 heterocycles. The Kier molecular flexibility index (Phi) is 1.27. The lowest BCUT2D eigenvalue weighted by Crippen LogP contribution is -1.86. The van der Waals surface area contributed by atoms with Gasteiger partial charge < -0.3 is 11.5 Å². The molecule has 3 nitrogen and oxygen atoms in total. The number of hydrogen-bond donors (Lipinski definition) is 2. The van der Waals surface area contributed by atoms with Crippen LogP contribution in [0.15, 0.2) is 0 Å². The lowest BCUT2D eigenvalue weighted by Gasteiger charge is -1.76. The second-order valence-corrected chi connectivity index (χ2v) is 2.84. The van der Waals surface area contributed by atoms with Crippen molar-refractivity contribution in [3.63, 3.8) is 0 Å². The molecule has 1 rings (SSSR count). The van der Waals surface area contributed by atoms with Gasteiger partial charge >= 0.3 is 0 Å². The van der Waals surface area contributed by atoms with Crippen molar-refractivity contribution in [2.24, 2.45) is 0 Å². The van der Waals surface area contributed by atoms with Crippen LogP contribution in [0.1, 0.15) is 0 Å². The maximum absolute atomic E-state index is 5.48. The average molecular weight is 150 g/mol. The number of nitrogens with two attached hydrogens (primary N) is 2. The van der Waals surface area contributed by atoms with Gasteiger partial charge in [-0.05, 0) is 0 Å². The first-order chi connectivity index (χ1) is 3.70. The molecule has 0 unspecified atom stereocenters. The Morgan fingerprint density at radius 2 is 2.12 bits per heavy atom. The minimum atomic E-state index is 0.314. The Morgan fingerprint density at radius 3 is 2.25 bits per heavy atom. The van der Waals surface area contributed by atoms with E-state index >= 15 is 0 Å². The first kappa shape index (κ1) is 5.65. The third kappa shape index (κ3) is 0.850. The third-order valence-corrected chi connectivity index (χ3v) is 1.74. The van der Waals surface area contributed by atoms with Crippen LogP contribution in [-0.4, -0.2) is 4.98 Å². The van der Waals surface area contributed by atoms with Crippen molar-refractivity contribution in [1.29, 1.82) is 0 Å². The zero-order valence-electron chi connectivity index (χ0n) is 3.89. The molecule has 0 aromatic carbocycles. The molecule has 0 aliphatic heterocycles. The molecular weight excluding hydrogens is 146 g/mol. The third-order valence-electron chi connectivity index (χ3n) is 0.626. The van der Waals surface area contributed by atoms with Crippen LogP contribution < -0.4 is 11.5 Å². The summed E-state index contributed by atoms with van der Waals surface area (Å²) in [5.74, 6) is 0.314. The Labute approximate surface area is 55.3 Å². The van der Waals surface area contributed by atoms with Crippen LogP contribution >= 0.6 is 22.9 Å². The highest BCUT2D eigenvalue weighted by Crippen LogP contribution is 2.26. The molecule has 8 heavy (non-hydrogen) atoms. The number of halogens is 1. The van der Waals surface area contributed by atoms with Crippen molar-refractivity contribution in [1.82, 2.24) is 4.98 Å². The van der Waals surface area contributed by atoms with Crippen molar-refractivity contribution in [2.75, 3.05) is 11.5 Å². The van der Waals surface area contributed by atoms with E-state index in [2.05, 4.69) is 4.98 Å². The van der Waals surface area contributed by atoms with Crippen LogP contribution in [-0.2, 0) is 0 Å². The van der Waals surface area contributed by atoms with Crippen LogP contribution in [0.25, 0.3) is 0 Å². The second-order valence-electron chi connectivity index (χ2n) is 1.21. The van der Waals surface area contributed by atoms with E-state index < -0.39 is 0 Å². The van der Waals surface area contributed by atoms with Gasteiger partial charge in [-0.15, -0.1) is 0 Å². The lowest BCUT2D eigenvalue weighted by molar-refractivity contribution is 1.43. The number of hydrogen-bond acceptors (Lipinski definition) is 4. The number of nitrogen functional groups attached to an aromatic ring is 2. The molecule has 0 aliphatic rings. The molecule has 0 fully saturated rings. The minimum absolute atomic E-state index is 0.314. The molecule has 0 saturated heterocycles. The van der Waals surface area contributed by atoms with Gasteiger partial charge in [-0.2, -0.15) is 0 Å². The second kappa shape index (κ2) is 1.80. The van der Waals surface area contributed by atoms with Gasteiger partial charge in [0.15, 0.2) is 10.9 Å². The topological polar surface area (TPSA) is 64.9 Å². The lowest BCUT2D eigenvalue weighted by atomic mass is 10.8. The molecule has 44 valence electrons. The molecule has 5 heteroatoms. The van der Waals surface area contributed by atoms with Crippen molar-refractivity contribution in [2.45, 2.75) is 0 Å². The molecule has 0 radical (unpaired) electrons.